The van der Waals surface area contributed by atoms with Crippen LogP contribution in [0.2, 0.25) is 0 Å². The molecule has 0 N–H and O–H groups in total. The second kappa shape index (κ2) is 12.9. The zero-order chi connectivity index (χ0) is 22.6. The van der Waals surface area contributed by atoms with Gasteiger partial charge in [-0.1, -0.05) is 44.9 Å². The molecule has 3 rings (SSSR count). The number of fused-ring (bicyclic) bond motifs is 1. The largest absolute Gasteiger partial charge is 0.493 e. The lowest BCUT2D eigenvalue weighted by Gasteiger charge is -2.22. The predicted octanol–water partition coefficient (Wildman–Crippen LogP) is 6.71. The summed E-state index contributed by atoms with van der Waals surface area (Å²) >= 11 is 0. The van der Waals surface area contributed by atoms with Gasteiger partial charge in [0.15, 0.2) is 11.5 Å². The molecule has 5 heteroatoms. The van der Waals surface area contributed by atoms with Crippen LogP contribution in [0, 0.1) is 0 Å². The van der Waals surface area contributed by atoms with Crippen molar-refractivity contribution in [3.05, 3.63) is 54.6 Å². The number of aromatic nitrogens is 1. The molecule has 0 aliphatic heterocycles. The summed E-state index contributed by atoms with van der Waals surface area (Å²) in [7, 11) is 1.67. The molecule has 172 valence electrons. The first-order valence-electron chi connectivity index (χ1n) is 11.8. The van der Waals surface area contributed by atoms with Crippen LogP contribution in [0.4, 0.5) is 0 Å². The van der Waals surface area contributed by atoms with Crippen molar-refractivity contribution in [1.29, 1.82) is 0 Å². The molecule has 0 fully saturated rings. The van der Waals surface area contributed by atoms with Gasteiger partial charge in [0.25, 0.3) is 0 Å². The summed E-state index contributed by atoms with van der Waals surface area (Å²) in [5.74, 6) is 2.77. The smallest absolute Gasteiger partial charge is 0.219 e. The normalized spacial score (nSPS) is 11.1. The maximum Gasteiger partial charge on any atom is 0.219 e. The molecule has 0 aliphatic rings. The molecule has 0 atom stereocenters. The molecule has 0 spiro atoms. The number of rotatable bonds is 14. The van der Waals surface area contributed by atoms with E-state index in [9.17, 15) is 0 Å². The standard InChI is InChI=1S/C27H36N2O3/c1-4-6-16-29(17-7-5-2)18-11-19-31-26-21-24-22(20-25(26)30-3)14-15-27(28-24)32-23-12-9-8-10-13-23/h8-10,12-15,20-21H,4-7,11,16-19H2,1-3H3. The van der Waals surface area contributed by atoms with Gasteiger partial charge in [0.2, 0.25) is 5.88 Å². The number of methoxy groups -OCH3 is 1. The van der Waals surface area contributed by atoms with Gasteiger partial charge in [-0.25, -0.2) is 4.98 Å². The Morgan fingerprint density at radius 1 is 0.812 bits per heavy atom. The van der Waals surface area contributed by atoms with E-state index in [2.05, 4.69) is 23.7 Å². The Hall–Kier alpha value is -2.79. The SMILES string of the molecule is CCCCN(CCCC)CCCOc1cc2nc(Oc3ccccc3)ccc2cc1OC. The van der Waals surface area contributed by atoms with Gasteiger partial charge in [-0.3, -0.25) is 0 Å². The van der Waals surface area contributed by atoms with Crippen molar-refractivity contribution >= 4 is 10.9 Å². The molecule has 0 amide bonds. The molecular formula is C27H36N2O3. The molecule has 1 heterocycles. The maximum absolute atomic E-state index is 6.12. The number of hydrogen-bond donors (Lipinski definition) is 0. The molecule has 0 saturated heterocycles. The van der Waals surface area contributed by atoms with E-state index in [4.69, 9.17) is 14.2 Å². The first-order chi connectivity index (χ1) is 15.7. The number of benzene rings is 2. The fraction of sp³-hybridized carbons (Fsp3) is 0.444. The van der Waals surface area contributed by atoms with Gasteiger partial charge in [-0.15, -0.1) is 0 Å². The van der Waals surface area contributed by atoms with Gasteiger partial charge in [0, 0.05) is 24.1 Å². The average Bonchev–Trinajstić information content (AvgIpc) is 2.83. The molecule has 5 nitrogen and oxygen atoms in total. The lowest BCUT2D eigenvalue weighted by atomic mass is 10.2. The minimum atomic E-state index is 0.558. The van der Waals surface area contributed by atoms with Gasteiger partial charge in [-0.2, -0.15) is 0 Å². The van der Waals surface area contributed by atoms with Crippen LogP contribution < -0.4 is 14.2 Å². The van der Waals surface area contributed by atoms with Crippen LogP contribution >= 0.6 is 0 Å². The minimum Gasteiger partial charge on any atom is -0.493 e. The van der Waals surface area contributed by atoms with Gasteiger partial charge >= 0.3 is 0 Å². The number of hydrogen-bond acceptors (Lipinski definition) is 5. The van der Waals surface area contributed by atoms with E-state index in [1.807, 2.05) is 54.6 Å². The van der Waals surface area contributed by atoms with E-state index in [0.29, 0.717) is 12.5 Å². The lowest BCUT2D eigenvalue weighted by molar-refractivity contribution is 0.225. The van der Waals surface area contributed by atoms with Gasteiger partial charge < -0.3 is 19.1 Å². The number of pyridine rings is 1. The molecular weight excluding hydrogens is 400 g/mol. The van der Waals surface area contributed by atoms with E-state index in [0.717, 1.165) is 41.1 Å². The Labute approximate surface area is 192 Å². The van der Waals surface area contributed by atoms with Gasteiger partial charge in [-0.05, 0) is 56.6 Å². The van der Waals surface area contributed by atoms with Crippen LogP contribution in [-0.4, -0.2) is 43.2 Å². The fourth-order valence-electron chi connectivity index (χ4n) is 3.62. The topological polar surface area (TPSA) is 43.8 Å². The van der Waals surface area contributed by atoms with Crippen LogP contribution in [-0.2, 0) is 0 Å². The highest BCUT2D eigenvalue weighted by molar-refractivity contribution is 5.83. The van der Waals surface area contributed by atoms with Crippen molar-refractivity contribution in [2.75, 3.05) is 33.4 Å². The molecule has 0 bridgehead atoms. The molecule has 0 aliphatic carbocycles. The number of ether oxygens (including phenoxy) is 3. The number of nitrogens with zero attached hydrogens (tertiary/aromatic N) is 2. The minimum absolute atomic E-state index is 0.558. The highest BCUT2D eigenvalue weighted by Crippen LogP contribution is 2.33. The third kappa shape index (κ3) is 7.13. The zero-order valence-electron chi connectivity index (χ0n) is 19.7. The summed E-state index contributed by atoms with van der Waals surface area (Å²) in [5.41, 5.74) is 0.821. The second-order valence-corrected chi connectivity index (χ2v) is 8.01. The van der Waals surface area contributed by atoms with E-state index < -0.39 is 0 Å². The molecule has 1 aromatic heterocycles. The molecule has 3 aromatic rings. The highest BCUT2D eigenvalue weighted by Gasteiger charge is 2.10. The van der Waals surface area contributed by atoms with Crippen molar-refractivity contribution in [2.24, 2.45) is 0 Å². The number of unbranched alkanes of at least 4 members (excludes halogenated alkanes) is 2. The maximum atomic E-state index is 6.12. The molecule has 32 heavy (non-hydrogen) atoms. The van der Waals surface area contributed by atoms with E-state index >= 15 is 0 Å². The lowest BCUT2D eigenvalue weighted by Crippen LogP contribution is -2.28. The van der Waals surface area contributed by atoms with Gasteiger partial charge in [0.1, 0.15) is 5.75 Å². The summed E-state index contributed by atoms with van der Waals surface area (Å²) < 4.78 is 17.6. The van der Waals surface area contributed by atoms with Crippen molar-refractivity contribution < 1.29 is 14.2 Å². The second-order valence-electron chi connectivity index (χ2n) is 8.01. The third-order valence-corrected chi connectivity index (χ3v) is 5.45. The Morgan fingerprint density at radius 3 is 2.22 bits per heavy atom. The van der Waals surface area contributed by atoms with E-state index in [-0.39, 0.29) is 0 Å². The highest BCUT2D eigenvalue weighted by atomic mass is 16.5. The van der Waals surface area contributed by atoms with E-state index in [1.165, 1.54) is 38.8 Å². The Kier molecular flexibility index (Phi) is 9.63. The van der Waals surface area contributed by atoms with Crippen LogP contribution in [0.5, 0.6) is 23.1 Å². The van der Waals surface area contributed by atoms with Crippen molar-refractivity contribution in [3.63, 3.8) is 0 Å². The first-order valence-corrected chi connectivity index (χ1v) is 11.8. The first kappa shape index (κ1) is 23.9. The summed E-state index contributed by atoms with van der Waals surface area (Å²) in [6, 6.07) is 17.5. The van der Waals surface area contributed by atoms with Crippen LogP contribution in [0.15, 0.2) is 54.6 Å². The zero-order valence-corrected chi connectivity index (χ0v) is 19.7. The Balaban J connectivity index is 1.64. The Bertz CT molecular complexity index is 938. The van der Waals surface area contributed by atoms with Crippen molar-refractivity contribution in [3.8, 4) is 23.1 Å². The number of para-hydroxylation sites is 1. The summed E-state index contributed by atoms with van der Waals surface area (Å²) in [6.45, 7) is 8.54. The third-order valence-electron chi connectivity index (χ3n) is 5.45. The molecule has 0 unspecified atom stereocenters. The molecule has 2 aromatic carbocycles. The summed E-state index contributed by atoms with van der Waals surface area (Å²) in [5, 5.41) is 0.986. The summed E-state index contributed by atoms with van der Waals surface area (Å²) in [4.78, 5) is 7.22. The quantitative estimate of drug-likeness (QED) is 0.263. The molecule has 0 radical (unpaired) electrons. The van der Waals surface area contributed by atoms with Crippen LogP contribution in [0.3, 0.4) is 0 Å². The molecule has 0 saturated carbocycles. The Morgan fingerprint density at radius 2 is 1.53 bits per heavy atom. The van der Waals surface area contributed by atoms with Gasteiger partial charge in [0.05, 0.1) is 19.2 Å². The fourth-order valence-corrected chi connectivity index (χ4v) is 3.62. The van der Waals surface area contributed by atoms with Crippen molar-refractivity contribution in [2.45, 2.75) is 46.0 Å². The summed E-state index contributed by atoms with van der Waals surface area (Å²) in [6.07, 6.45) is 5.95. The average molecular weight is 437 g/mol. The van der Waals surface area contributed by atoms with E-state index in [1.54, 1.807) is 7.11 Å². The van der Waals surface area contributed by atoms with Crippen LogP contribution in [0.1, 0.15) is 46.0 Å². The monoisotopic (exact) mass is 436 g/mol. The van der Waals surface area contributed by atoms with Crippen molar-refractivity contribution in [1.82, 2.24) is 9.88 Å². The predicted molar refractivity (Wildman–Crippen MR) is 131 cm³/mol. The van der Waals surface area contributed by atoms with Crippen LogP contribution in [0.25, 0.3) is 10.9 Å².